The van der Waals surface area contributed by atoms with Crippen molar-refractivity contribution in [2.75, 3.05) is 10.6 Å². The van der Waals surface area contributed by atoms with E-state index in [4.69, 9.17) is 0 Å². The van der Waals surface area contributed by atoms with Crippen molar-refractivity contribution in [3.63, 3.8) is 0 Å². The molecule has 148 valence electrons. The Bertz CT molecular complexity index is 1260. The molecule has 30 heavy (non-hydrogen) atoms. The van der Waals surface area contributed by atoms with Gasteiger partial charge in [0.25, 0.3) is 11.8 Å². The van der Waals surface area contributed by atoms with Gasteiger partial charge in [0, 0.05) is 29.7 Å². The molecule has 0 saturated carbocycles. The number of rotatable bonds is 4. The Morgan fingerprint density at radius 2 is 1.53 bits per heavy atom. The molecule has 0 saturated heterocycles. The standard InChI is InChI=1S/C24H20N4O2/c1-15-8-9-20(11-16(15)2)27-23(29)18-12-19(14-25-13-18)24(30)28-21-7-3-5-17-6-4-10-26-22(17)21/h3-14H,1-2H3,(H,27,29)(H,28,30). The lowest BCUT2D eigenvalue weighted by Crippen LogP contribution is -2.16. The van der Waals surface area contributed by atoms with Gasteiger partial charge in [0.1, 0.15) is 0 Å². The molecule has 6 heteroatoms. The van der Waals surface area contributed by atoms with Crippen molar-refractivity contribution in [2.45, 2.75) is 13.8 Å². The van der Waals surface area contributed by atoms with Crippen LogP contribution in [0.5, 0.6) is 0 Å². The second kappa shape index (κ2) is 8.13. The number of benzene rings is 2. The Kier molecular flexibility index (Phi) is 5.22. The monoisotopic (exact) mass is 396 g/mol. The number of aromatic nitrogens is 2. The van der Waals surface area contributed by atoms with Crippen LogP contribution >= 0.6 is 0 Å². The summed E-state index contributed by atoms with van der Waals surface area (Å²) in [6.45, 7) is 4.00. The van der Waals surface area contributed by atoms with Gasteiger partial charge < -0.3 is 10.6 Å². The molecule has 0 bridgehead atoms. The first-order valence-electron chi connectivity index (χ1n) is 9.50. The van der Waals surface area contributed by atoms with Gasteiger partial charge in [0.2, 0.25) is 0 Å². The summed E-state index contributed by atoms with van der Waals surface area (Å²) in [4.78, 5) is 33.8. The van der Waals surface area contributed by atoms with Crippen LogP contribution in [-0.2, 0) is 0 Å². The molecule has 6 nitrogen and oxygen atoms in total. The van der Waals surface area contributed by atoms with Gasteiger partial charge in [-0.25, -0.2) is 0 Å². The minimum atomic E-state index is -0.360. The highest BCUT2D eigenvalue weighted by Gasteiger charge is 2.13. The first-order chi connectivity index (χ1) is 14.5. The van der Waals surface area contributed by atoms with Gasteiger partial charge in [0.15, 0.2) is 0 Å². The van der Waals surface area contributed by atoms with E-state index < -0.39 is 0 Å². The lowest BCUT2D eigenvalue weighted by atomic mass is 10.1. The fourth-order valence-corrected chi connectivity index (χ4v) is 3.11. The molecule has 2 aromatic carbocycles. The minimum absolute atomic E-state index is 0.288. The van der Waals surface area contributed by atoms with E-state index in [1.807, 2.05) is 56.3 Å². The van der Waals surface area contributed by atoms with Gasteiger partial charge >= 0.3 is 0 Å². The van der Waals surface area contributed by atoms with Crippen LogP contribution in [-0.4, -0.2) is 21.8 Å². The Balaban J connectivity index is 1.54. The quantitative estimate of drug-likeness (QED) is 0.521. The van der Waals surface area contributed by atoms with Gasteiger partial charge in [-0.15, -0.1) is 0 Å². The SMILES string of the molecule is Cc1ccc(NC(=O)c2cncc(C(=O)Nc3cccc4cccnc34)c2)cc1C. The molecule has 0 unspecified atom stereocenters. The molecule has 0 fully saturated rings. The van der Waals surface area contributed by atoms with Gasteiger partial charge in [-0.1, -0.05) is 24.3 Å². The third-order valence-electron chi connectivity index (χ3n) is 4.91. The smallest absolute Gasteiger partial charge is 0.257 e. The number of fused-ring (bicyclic) bond motifs is 1. The van der Waals surface area contributed by atoms with Crippen LogP contribution in [0.1, 0.15) is 31.8 Å². The molecule has 4 rings (SSSR count). The zero-order valence-corrected chi connectivity index (χ0v) is 16.6. The minimum Gasteiger partial charge on any atom is -0.322 e. The van der Waals surface area contributed by atoms with Gasteiger partial charge in [0.05, 0.1) is 22.3 Å². The molecule has 0 atom stereocenters. The summed E-state index contributed by atoms with van der Waals surface area (Å²) in [7, 11) is 0. The molecule has 0 radical (unpaired) electrons. The van der Waals surface area contributed by atoms with E-state index in [1.54, 1.807) is 12.3 Å². The highest BCUT2D eigenvalue weighted by Crippen LogP contribution is 2.21. The number of carbonyl (C=O) groups is 2. The summed E-state index contributed by atoms with van der Waals surface area (Å²) >= 11 is 0. The van der Waals surface area contributed by atoms with Crippen molar-refractivity contribution in [3.8, 4) is 0 Å². The molecule has 2 N–H and O–H groups in total. The lowest BCUT2D eigenvalue weighted by molar-refractivity contribution is 0.102. The molecule has 0 spiro atoms. The normalized spacial score (nSPS) is 10.6. The van der Waals surface area contributed by atoms with Gasteiger partial charge in [-0.3, -0.25) is 19.6 Å². The third kappa shape index (κ3) is 4.03. The lowest BCUT2D eigenvalue weighted by Gasteiger charge is -2.10. The van der Waals surface area contributed by atoms with Crippen LogP contribution in [0.4, 0.5) is 11.4 Å². The Morgan fingerprint density at radius 3 is 2.30 bits per heavy atom. The van der Waals surface area contributed by atoms with Crippen molar-refractivity contribution in [1.82, 2.24) is 9.97 Å². The van der Waals surface area contributed by atoms with Crippen LogP contribution in [0.25, 0.3) is 10.9 Å². The molecular formula is C24H20N4O2. The van der Waals surface area contributed by atoms with Crippen molar-refractivity contribution >= 4 is 34.1 Å². The average molecular weight is 396 g/mol. The van der Waals surface area contributed by atoms with E-state index in [1.165, 1.54) is 18.5 Å². The number of pyridine rings is 2. The predicted octanol–water partition coefficient (Wildman–Crippen LogP) is 4.75. The van der Waals surface area contributed by atoms with Gasteiger partial charge in [-0.05, 0) is 55.3 Å². The maximum absolute atomic E-state index is 12.8. The number of para-hydroxylation sites is 1. The number of nitrogens with one attached hydrogen (secondary N) is 2. The number of hydrogen-bond acceptors (Lipinski definition) is 4. The second-order valence-electron chi connectivity index (χ2n) is 7.05. The predicted molar refractivity (Wildman–Crippen MR) is 118 cm³/mol. The number of nitrogens with zero attached hydrogens (tertiary/aromatic N) is 2. The van der Waals surface area contributed by atoms with Gasteiger partial charge in [-0.2, -0.15) is 0 Å². The van der Waals surface area contributed by atoms with E-state index in [-0.39, 0.29) is 17.4 Å². The van der Waals surface area contributed by atoms with Crippen LogP contribution in [0.15, 0.2) is 73.2 Å². The first-order valence-corrected chi connectivity index (χ1v) is 9.50. The van der Waals surface area contributed by atoms with E-state index >= 15 is 0 Å². The summed E-state index contributed by atoms with van der Waals surface area (Å²) in [5.74, 6) is -0.686. The Labute approximate surface area is 174 Å². The molecule has 0 aliphatic heterocycles. The second-order valence-corrected chi connectivity index (χ2v) is 7.05. The van der Waals surface area contributed by atoms with Crippen LogP contribution in [0.2, 0.25) is 0 Å². The molecule has 2 heterocycles. The third-order valence-corrected chi connectivity index (χ3v) is 4.91. The maximum atomic E-state index is 12.8. The highest BCUT2D eigenvalue weighted by atomic mass is 16.2. The van der Waals surface area contributed by atoms with Crippen LogP contribution in [0, 0.1) is 13.8 Å². The van der Waals surface area contributed by atoms with Crippen LogP contribution < -0.4 is 10.6 Å². The van der Waals surface area contributed by atoms with E-state index in [9.17, 15) is 9.59 Å². The summed E-state index contributed by atoms with van der Waals surface area (Å²) in [6.07, 6.45) is 4.55. The number of carbonyl (C=O) groups excluding carboxylic acids is 2. The average Bonchev–Trinajstić information content (AvgIpc) is 2.76. The first kappa shape index (κ1) is 19.3. The summed E-state index contributed by atoms with van der Waals surface area (Å²) < 4.78 is 0. The maximum Gasteiger partial charge on any atom is 0.257 e. The fraction of sp³-hybridized carbons (Fsp3) is 0.0833. The molecule has 4 aromatic rings. The number of anilines is 2. The van der Waals surface area contributed by atoms with E-state index in [0.717, 1.165) is 16.5 Å². The zero-order chi connectivity index (χ0) is 21.1. The Morgan fingerprint density at radius 1 is 0.800 bits per heavy atom. The Hall–Kier alpha value is -4.06. The van der Waals surface area contributed by atoms with Crippen molar-refractivity contribution in [3.05, 3.63) is 95.4 Å². The van der Waals surface area contributed by atoms with Crippen molar-refractivity contribution in [1.29, 1.82) is 0 Å². The number of amides is 2. The summed E-state index contributed by atoms with van der Waals surface area (Å²) in [6, 6.07) is 16.6. The number of hydrogen-bond donors (Lipinski definition) is 2. The molecule has 0 aliphatic carbocycles. The fourth-order valence-electron chi connectivity index (χ4n) is 3.11. The largest absolute Gasteiger partial charge is 0.322 e. The van der Waals surface area contributed by atoms with Crippen molar-refractivity contribution in [2.24, 2.45) is 0 Å². The molecule has 0 aliphatic rings. The van der Waals surface area contributed by atoms with E-state index in [0.29, 0.717) is 22.5 Å². The molecular weight excluding hydrogens is 376 g/mol. The van der Waals surface area contributed by atoms with Crippen LogP contribution in [0.3, 0.4) is 0 Å². The van der Waals surface area contributed by atoms with Crippen molar-refractivity contribution < 1.29 is 9.59 Å². The number of aryl methyl sites for hydroxylation is 2. The summed E-state index contributed by atoms with van der Waals surface area (Å²) in [5.41, 5.74) is 4.82. The van der Waals surface area contributed by atoms with E-state index in [2.05, 4.69) is 20.6 Å². The highest BCUT2D eigenvalue weighted by molar-refractivity contribution is 6.10. The molecule has 2 aromatic heterocycles. The summed E-state index contributed by atoms with van der Waals surface area (Å²) in [5, 5.41) is 6.63. The molecule has 2 amide bonds. The zero-order valence-electron chi connectivity index (χ0n) is 16.6. The topological polar surface area (TPSA) is 84.0 Å².